The number of ether oxygens (including phenoxy) is 2. The molecule has 0 radical (unpaired) electrons. The second kappa shape index (κ2) is 9.74. The maximum Gasteiger partial charge on any atom is 0.273 e. The summed E-state index contributed by atoms with van der Waals surface area (Å²) < 4.78 is 11.2. The summed E-state index contributed by atoms with van der Waals surface area (Å²) in [7, 11) is 2.93. The first kappa shape index (κ1) is 18.9. The summed E-state index contributed by atoms with van der Waals surface area (Å²) in [6, 6.07) is 14.5. The summed E-state index contributed by atoms with van der Waals surface area (Å²) in [6.45, 7) is 0.434. The van der Waals surface area contributed by atoms with Gasteiger partial charge in [-0.1, -0.05) is 41.4 Å². The summed E-state index contributed by atoms with van der Waals surface area (Å²) in [6.07, 6.45) is 5.19. The fraction of sp³-hybridized carbons (Fsp3) is 0.200. The van der Waals surface area contributed by atoms with Crippen LogP contribution in [-0.2, 0) is 16.2 Å². The van der Waals surface area contributed by atoms with Gasteiger partial charge in [0.1, 0.15) is 31.8 Å². The lowest BCUT2D eigenvalue weighted by Crippen LogP contribution is -2.29. The zero-order valence-corrected chi connectivity index (χ0v) is 14.7. The van der Waals surface area contributed by atoms with Crippen molar-refractivity contribution in [3.05, 3.63) is 59.7 Å². The van der Waals surface area contributed by atoms with Gasteiger partial charge in [0.05, 0.1) is 0 Å². The maximum absolute atomic E-state index is 12.1. The van der Waals surface area contributed by atoms with Crippen molar-refractivity contribution in [1.29, 1.82) is 0 Å². The highest BCUT2D eigenvalue weighted by Crippen LogP contribution is 2.21. The zero-order valence-electron chi connectivity index (χ0n) is 14.7. The maximum atomic E-state index is 12.1. The molecule has 0 aliphatic carbocycles. The minimum atomic E-state index is -0.344. The van der Waals surface area contributed by atoms with Crippen molar-refractivity contribution in [2.45, 2.75) is 6.61 Å². The third-order valence-corrected chi connectivity index (χ3v) is 3.42. The van der Waals surface area contributed by atoms with Crippen molar-refractivity contribution < 1.29 is 19.1 Å². The Bertz CT molecular complexity index is 825. The molecule has 0 unspecified atom stereocenters. The Balaban J connectivity index is 2.20. The van der Waals surface area contributed by atoms with E-state index < -0.39 is 0 Å². The minimum absolute atomic E-state index is 0.181. The molecule has 2 aromatic carbocycles. The predicted octanol–water partition coefficient (Wildman–Crippen LogP) is 2.37. The molecule has 0 saturated heterocycles. The Kier molecular flexibility index (Phi) is 7.07. The van der Waals surface area contributed by atoms with Crippen LogP contribution in [0.15, 0.2) is 53.7 Å². The van der Waals surface area contributed by atoms with E-state index in [4.69, 9.17) is 20.7 Å². The van der Waals surface area contributed by atoms with E-state index in [1.807, 2.05) is 30.3 Å². The number of nitrogens with one attached hydrogen (secondary N) is 1. The van der Waals surface area contributed by atoms with Crippen LogP contribution in [0.5, 0.6) is 11.5 Å². The van der Waals surface area contributed by atoms with Gasteiger partial charge in [-0.05, 0) is 17.7 Å². The molecule has 0 heterocycles. The van der Waals surface area contributed by atoms with Crippen LogP contribution in [-0.4, -0.2) is 32.4 Å². The number of amides is 1. The quantitative estimate of drug-likeness (QED) is 0.450. The van der Waals surface area contributed by atoms with Gasteiger partial charge in [0, 0.05) is 18.7 Å². The van der Waals surface area contributed by atoms with Gasteiger partial charge >= 0.3 is 0 Å². The largest absolute Gasteiger partial charge is 0.489 e. The molecule has 6 nitrogen and oxygen atoms in total. The van der Waals surface area contributed by atoms with Crippen LogP contribution in [0.1, 0.15) is 11.1 Å². The van der Waals surface area contributed by atoms with E-state index in [-0.39, 0.29) is 24.8 Å². The lowest BCUT2D eigenvalue weighted by molar-refractivity contribution is -0.114. The third kappa shape index (κ3) is 5.02. The molecule has 1 N–H and O–H groups in total. The number of likely N-dealkylation sites (N-methyl/N-ethyl adjacent to an activating group) is 1. The van der Waals surface area contributed by atoms with E-state index in [0.717, 1.165) is 5.56 Å². The van der Waals surface area contributed by atoms with E-state index in [0.29, 0.717) is 17.1 Å². The molecule has 134 valence electrons. The number of hydrogen-bond acceptors (Lipinski definition) is 5. The van der Waals surface area contributed by atoms with Crippen LogP contribution in [0.3, 0.4) is 0 Å². The zero-order chi connectivity index (χ0) is 18.8. The Hall–Kier alpha value is -3.46. The van der Waals surface area contributed by atoms with E-state index in [9.17, 15) is 4.79 Å². The molecule has 0 saturated carbocycles. The predicted molar refractivity (Wildman–Crippen MR) is 99.2 cm³/mol. The van der Waals surface area contributed by atoms with E-state index in [2.05, 4.69) is 16.4 Å². The van der Waals surface area contributed by atoms with Crippen molar-refractivity contribution in [3.63, 3.8) is 0 Å². The smallest absolute Gasteiger partial charge is 0.273 e. The van der Waals surface area contributed by atoms with Crippen molar-refractivity contribution >= 4 is 11.6 Å². The second-order valence-electron chi connectivity index (χ2n) is 5.12. The van der Waals surface area contributed by atoms with E-state index >= 15 is 0 Å². The van der Waals surface area contributed by atoms with Gasteiger partial charge in [-0.3, -0.25) is 4.79 Å². The molecule has 2 rings (SSSR count). The van der Waals surface area contributed by atoms with Crippen LogP contribution < -0.4 is 14.8 Å². The Morgan fingerprint density at radius 3 is 2.58 bits per heavy atom. The summed E-state index contributed by atoms with van der Waals surface area (Å²) in [5.41, 5.74) is 1.61. The van der Waals surface area contributed by atoms with Crippen LogP contribution in [0.4, 0.5) is 0 Å². The number of terminal acetylenes is 1. The van der Waals surface area contributed by atoms with E-state index in [1.165, 1.54) is 14.2 Å². The number of carbonyl (C=O) groups excluding carboxylic acids is 1. The van der Waals surface area contributed by atoms with Crippen molar-refractivity contribution in [1.82, 2.24) is 5.32 Å². The van der Waals surface area contributed by atoms with Gasteiger partial charge in [-0.25, -0.2) is 0 Å². The minimum Gasteiger partial charge on any atom is -0.489 e. The molecule has 26 heavy (non-hydrogen) atoms. The first-order valence-electron chi connectivity index (χ1n) is 7.90. The first-order valence-corrected chi connectivity index (χ1v) is 7.90. The molecule has 0 spiro atoms. The number of benzene rings is 2. The topological polar surface area (TPSA) is 69.1 Å². The Morgan fingerprint density at radius 1 is 1.15 bits per heavy atom. The molecular formula is C20H20N2O4. The molecule has 1 amide bonds. The van der Waals surface area contributed by atoms with Crippen LogP contribution in [0.2, 0.25) is 0 Å². The SMILES string of the molecule is C#CCOc1cccc(OCc2ccccc2/C(=N\OC)C(=O)NC)c1. The highest BCUT2D eigenvalue weighted by atomic mass is 16.6. The summed E-state index contributed by atoms with van der Waals surface area (Å²) >= 11 is 0. The average molecular weight is 352 g/mol. The number of rotatable bonds is 8. The van der Waals surface area contributed by atoms with Crippen molar-refractivity contribution in [3.8, 4) is 23.8 Å². The van der Waals surface area contributed by atoms with Crippen LogP contribution >= 0.6 is 0 Å². The normalized spacial score (nSPS) is 10.6. The molecular weight excluding hydrogens is 332 g/mol. The van der Waals surface area contributed by atoms with Gasteiger partial charge in [-0.15, -0.1) is 6.42 Å². The second-order valence-corrected chi connectivity index (χ2v) is 5.12. The molecule has 0 atom stereocenters. The van der Waals surface area contributed by atoms with Crippen LogP contribution in [0.25, 0.3) is 0 Å². The van der Waals surface area contributed by atoms with Crippen molar-refractivity contribution in [2.75, 3.05) is 20.8 Å². The summed E-state index contributed by atoms with van der Waals surface area (Å²) in [4.78, 5) is 16.9. The first-order chi connectivity index (χ1) is 12.7. The average Bonchev–Trinajstić information content (AvgIpc) is 2.69. The molecule has 0 aliphatic rings. The monoisotopic (exact) mass is 352 g/mol. The Labute approximate surface area is 152 Å². The van der Waals surface area contributed by atoms with Gasteiger partial charge < -0.3 is 19.6 Å². The van der Waals surface area contributed by atoms with E-state index in [1.54, 1.807) is 18.2 Å². The lowest BCUT2D eigenvalue weighted by atomic mass is 10.0. The number of hydrogen-bond donors (Lipinski definition) is 1. The number of carbonyl (C=O) groups is 1. The fourth-order valence-electron chi connectivity index (χ4n) is 2.24. The Morgan fingerprint density at radius 2 is 1.88 bits per heavy atom. The number of nitrogens with zero attached hydrogens (tertiary/aromatic N) is 1. The highest BCUT2D eigenvalue weighted by Gasteiger charge is 2.17. The summed E-state index contributed by atoms with van der Waals surface area (Å²) in [5.74, 6) is 3.32. The van der Waals surface area contributed by atoms with Gasteiger partial charge in [0.15, 0.2) is 5.71 Å². The third-order valence-electron chi connectivity index (χ3n) is 3.42. The summed E-state index contributed by atoms with van der Waals surface area (Å²) in [5, 5.41) is 6.39. The van der Waals surface area contributed by atoms with Crippen molar-refractivity contribution in [2.24, 2.45) is 5.16 Å². The van der Waals surface area contributed by atoms with Gasteiger partial charge in [-0.2, -0.15) is 0 Å². The fourth-order valence-corrected chi connectivity index (χ4v) is 2.24. The molecule has 6 heteroatoms. The van der Waals surface area contributed by atoms with Gasteiger partial charge in [0.2, 0.25) is 0 Å². The molecule has 2 aromatic rings. The lowest BCUT2D eigenvalue weighted by Gasteiger charge is -2.12. The molecule has 0 bridgehead atoms. The molecule has 0 fully saturated rings. The molecule has 0 aromatic heterocycles. The van der Waals surface area contributed by atoms with Gasteiger partial charge in [0.25, 0.3) is 5.91 Å². The highest BCUT2D eigenvalue weighted by molar-refractivity contribution is 6.45. The number of oxime groups is 1. The molecule has 0 aliphatic heterocycles. The standard InChI is InChI=1S/C20H20N2O4/c1-4-12-25-16-9-7-10-17(13-16)26-14-15-8-5-6-11-18(15)19(22-24-3)20(23)21-2/h1,5-11,13H,12,14H2,2-3H3,(H,21,23)/b22-19+. The van der Waals surface area contributed by atoms with Crippen LogP contribution in [0, 0.1) is 12.3 Å².